The van der Waals surface area contributed by atoms with Crippen LogP contribution < -0.4 is 5.32 Å². The molecule has 2 amide bonds. The summed E-state index contributed by atoms with van der Waals surface area (Å²) in [7, 11) is 0. The summed E-state index contributed by atoms with van der Waals surface area (Å²) in [5.41, 5.74) is -0.806. The van der Waals surface area contributed by atoms with Crippen molar-refractivity contribution in [2.75, 3.05) is 18.4 Å². The Bertz CT molecular complexity index is 514. The largest absolute Gasteiger partial charge is 0.325 e. The number of para-hydroxylation sites is 1. The Hall–Kier alpha value is -2.18. The van der Waals surface area contributed by atoms with Crippen molar-refractivity contribution >= 4 is 17.4 Å². The van der Waals surface area contributed by atoms with Gasteiger partial charge in [-0.25, -0.2) is 9.18 Å². The molecule has 0 unspecified atom stereocenters. The molecule has 0 aliphatic carbocycles. The molecular formula is C13H16FN3O3. The van der Waals surface area contributed by atoms with Gasteiger partial charge in [-0.2, -0.15) is 0 Å². The van der Waals surface area contributed by atoms with Gasteiger partial charge in [-0.15, -0.1) is 0 Å². The van der Waals surface area contributed by atoms with E-state index in [1.54, 1.807) is 4.90 Å². The van der Waals surface area contributed by atoms with E-state index in [1.165, 1.54) is 12.1 Å². The van der Waals surface area contributed by atoms with Gasteiger partial charge < -0.3 is 4.90 Å². The molecule has 0 radical (unpaired) electrons. The molecule has 0 atom stereocenters. The molecule has 0 aromatic heterocycles. The van der Waals surface area contributed by atoms with Gasteiger partial charge in [-0.05, 0) is 18.9 Å². The summed E-state index contributed by atoms with van der Waals surface area (Å²) in [5.74, 6) is -0.803. The van der Waals surface area contributed by atoms with Crippen LogP contribution in [0.25, 0.3) is 0 Å². The Morgan fingerprint density at radius 2 is 1.90 bits per heavy atom. The number of amides is 2. The maximum Gasteiger partial charge on any atom is 0.322 e. The molecule has 1 aromatic rings. The number of urea groups is 1. The van der Waals surface area contributed by atoms with Crippen LogP contribution >= 0.6 is 0 Å². The molecule has 2 rings (SSSR count). The summed E-state index contributed by atoms with van der Waals surface area (Å²) in [6.07, 6.45) is 3.91. The first-order valence-electron chi connectivity index (χ1n) is 6.58. The van der Waals surface area contributed by atoms with Gasteiger partial charge in [-0.3, -0.25) is 15.4 Å². The zero-order valence-electron chi connectivity index (χ0n) is 11.0. The van der Waals surface area contributed by atoms with Crippen molar-refractivity contribution in [3.63, 3.8) is 0 Å². The number of anilines is 1. The van der Waals surface area contributed by atoms with E-state index in [0.29, 0.717) is 13.1 Å². The number of hydrogen-bond acceptors (Lipinski definition) is 3. The van der Waals surface area contributed by atoms with E-state index in [1.807, 2.05) is 0 Å². The molecule has 0 bridgehead atoms. The second-order valence-electron chi connectivity index (χ2n) is 4.72. The number of halogens is 1. The summed E-state index contributed by atoms with van der Waals surface area (Å²) in [5, 5.41) is 13.2. The van der Waals surface area contributed by atoms with Crippen molar-refractivity contribution in [3.05, 3.63) is 34.1 Å². The molecule has 6 nitrogen and oxygen atoms in total. The van der Waals surface area contributed by atoms with E-state index in [2.05, 4.69) is 5.32 Å². The van der Waals surface area contributed by atoms with Gasteiger partial charge >= 0.3 is 6.03 Å². The second kappa shape index (κ2) is 6.31. The van der Waals surface area contributed by atoms with Crippen LogP contribution in [0.2, 0.25) is 0 Å². The fourth-order valence-electron chi connectivity index (χ4n) is 2.25. The van der Waals surface area contributed by atoms with E-state index in [-0.39, 0.29) is 5.69 Å². The monoisotopic (exact) mass is 281 g/mol. The third-order valence-corrected chi connectivity index (χ3v) is 3.31. The second-order valence-corrected chi connectivity index (χ2v) is 4.72. The molecular weight excluding hydrogens is 265 g/mol. The molecule has 20 heavy (non-hydrogen) atoms. The lowest BCUT2D eigenvalue weighted by Crippen LogP contribution is -2.36. The molecule has 1 heterocycles. The van der Waals surface area contributed by atoms with Crippen LogP contribution in [0.1, 0.15) is 25.7 Å². The van der Waals surface area contributed by atoms with Crippen molar-refractivity contribution in [1.29, 1.82) is 0 Å². The highest BCUT2D eigenvalue weighted by molar-refractivity contribution is 5.92. The molecule has 1 aromatic carbocycles. The number of nitro groups is 1. The minimum absolute atomic E-state index is 0.369. The van der Waals surface area contributed by atoms with Crippen LogP contribution in [-0.4, -0.2) is 28.9 Å². The summed E-state index contributed by atoms with van der Waals surface area (Å²) in [6.45, 7) is 1.18. The van der Waals surface area contributed by atoms with Gasteiger partial charge in [-0.1, -0.05) is 18.9 Å². The van der Waals surface area contributed by atoms with Gasteiger partial charge in [0.1, 0.15) is 0 Å². The third-order valence-electron chi connectivity index (χ3n) is 3.31. The topological polar surface area (TPSA) is 75.5 Å². The van der Waals surface area contributed by atoms with Crippen LogP contribution in [0.15, 0.2) is 18.2 Å². The van der Waals surface area contributed by atoms with Gasteiger partial charge in [0.15, 0.2) is 11.5 Å². The predicted molar refractivity (Wildman–Crippen MR) is 72.1 cm³/mol. The SMILES string of the molecule is O=C(Nc1c(F)cccc1[N+](=O)[O-])N1CCCCCC1. The number of carbonyl (C=O) groups excluding carboxylic acids is 1. The number of carbonyl (C=O) groups is 1. The fraction of sp³-hybridized carbons (Fsp3) is 0.462. The molecule has 7 heteroatoms. The Morgan fingerprint density at radius 1 is 1.25 bits per heavy atom. The fourth-order valence-corrected chi connectivity index (χ4v) is 2.25. The van der Waals surface area contributed by atoms with Crippen LogP contribution in [0.4, 0.5) is 20.6 Å². The van der Waals surface area contributed by atoms with Gasteiger partial charge in [0.2, 0.25) is 0 Å². The zero-order valence-corrected chi connectivity index (χ0v) is 11.0. The maximum absolute atomic E-state index is 13.7. The summed E-state index contributed by atoms with van der Waals surface area (Å²) in [6, 6.07) is 3.02. The number of rotatable bonds is 2. The predicted octanol–water partition coefficient (Wildman–Crippen LogP) is 3.14. The van der Waals surface area contributed by atoms with Gasteiger partial charge in [0.05, 0.1) is 4.92 Å². The van der Waals surface area contributed by atoms with E-state index in [9.17, 15) is 19.3 Å². The number of benzene rings is 1. The lowest BCUT2D eigenvalue weighted by atomic mass is 10.2. The minimum atomic E-state index is -0.803. The van der Waals surface area contributed by atoms with Crippen molar-refractivity contribution < 1.29 is 14.1 Å². The maximum atomic E-state index is 13.7. The highest BCUT2D eigenvalue weighted by atomic mass is 19.1. The number of nitrogens with one attached hydrogen (secondary N) is 1. The van der Waals surface area contributed by atoms with Crippen LogP contribution in [0.5, 0.6) is 0 Å². The van der Waals surface area contributed by atoms with E-state index in [0.717, 1.165) is 31.7 Å². The standard InChI is InChI=1S/C13H16FN3O3/c14-10-6-5-7-11(17(19)20)12(10)15-13(18)16-8-3-1-2-4-9-16/h5-7H,1-4,8-9H2,(H,15,18). The Kier molecular flexibility index (Phi) is 4.49. The third kappa shape index (κ3) is 3.23. The number of nitrogens with zero attached hydrogens (tertiary/aromatic N) is 2. The quantitative estimate of drug-likeness (QED) is 0.668. The Morgan fingerprint density at radius 3 is 2.50 bits per heavy atom. The first-order chi connectivity index (χ1) is 9.59. The Balaban J connectivity index is 2.16. The van der Waals surface area contributed by atoms with E-state index < -0.39 is 22.5 Å². The number of nitro benzene ring substituents is 1. The van der Waals surface area contributed by atoms with Crippen LogP contribution in [-0.2, 0) is 0 Å². The lowest BCUT2D eigenvalue weighted by Gasteiger charge is -2.20. The Labute approximate surface area is 115 Å². The molecule has 1 fully saturated rings. The summed E-state index contributed by atoms with van der Waals surface area (Å²) >= 11 is 0. The number of likely N-dealkylation sites (tertiary alicyclic amines) is 1. The zero-order chi connectivity index (χ0) is 14.5. The highest BCUT2D eigenvalue weighted by Crippen LogP contribution is 2.27. The molecule has 0 saturated carbocycles. The van der Waals surface area contributed by atoms with E-state index in [4.69, 9.17) is 0 Å². The molecule has 1 aliphatic heterocycles. The van der Waals surface area contributed by atoms with Crippen LogP contribution in [0, 0.1) is 15.9 Å². The smallest absolute Gasteiger partial charge is 0.322 e. The van der Waals surface area contributed by atoms with E-state index >= 15 is 0 Å². The van der Waals surface area contributed by atoms with Crippen molar-refractivity contribution in [2.45, 2.75) is 25.7 Å². The average Bonchev–Trinajstić information content (AvgIpc) is 2.69. The normalized spacial score (nSPS) is 15.6. The molecule has 108 valence electrons. The van der Waals surface area contributed by atoms with Gasteiger partial charge in [0, 0.05) is 19.2 Å². The molecule has 1 saturated heterocycles. The first-order valence-corrected chi connectivity index (χ1v) is 6.58. The lowest BCUT2D eigenvalue weighted by molar-refractivity contribution is -0.384. The van der Waals surface area contributed by atoms with Crippen molar-refractivity contribution in [1.82, 2.24) is 4.90 Å². The molecule has 1 aliphatic rings. The number of hydrogen-bond donors (Lipinski definition) is 1. The minimum Gasteiger partial charge on any atom is -0.325 e. The van der Waals surface area contributed by atoms with Crippen molar-refractivity contribution in [3.8, 4) is 0 Å². The average molecular weight is 281 g/mol. The van der Waals surface area contributed by atoms with Gasteiger partial charge in [0.25, 0.3) is 5.69 Å². The molecule has 0 spiro atoms. The van der Waals surface area contributed by atoms with Crippen molar-refractivity contribution in [2.24, 2.45) is 0 Å². The highest BCUT2D eigenvalue weighted by Gasteiger charge is 2.23. The summed E-state index contributed by atoms with van der Waals surface area (Å²) < 4.78 is 13.7. The summed E-state index contributed by atoms with van der Waals surface area (Å²) in [4.78, 5) is 23.8. The molecule has 1 N–H and O–H groups in total. The first kappa shape index (κ1) is 14.2. The van der Waals surface area contributed by atoms with Crippen LogP contribution in [0.3, 0.4) is 0 Å².